The highest BCUT2D eigenvalue weighted by atomic mass is 32.2. The lowest BCUT2D eigenvalue weighted by atomic mass is 10.1. The van der Waals surface area contributed by atoms with Crippen molar-refractivity contribution >= 4 is 15.7 Å². The number of carbonyl (C=O) groups excluding carboxylic acids is 1. The van der Waals surface area contributed by atoms with Crippen LogP contribution in [0, 0.1) is 5.92 Å². The Morgan fingerprint density at radius 3 is 2.50 bits per heavy atom. The van der Waals surface area contributed by atoms with Gasteiger partial charge in [-0.05, 0) is 32.5 Å². The number of nitrogens with one attached hydrogen (secondary N) is 1. The SMILES string of the molecule is CCN(CC)CCCNC(=O)C1CCS(=O)(=O)C1. The zero-order valence-electron chi connectivity index (χ0n) is 11.3. The summed E-state index contributed by atoms with van der Waals surface area (Å²) in [5.41, 5.74) is 0. The molecular weight excluding hydrogens is 252 g/mol. The second-order valence-electron chi connectivity index (χ2n) is 4.77. The second kappa shape index (κ2) is 7.09. The molecule has 1 heterocycles. The molecule has 1 unspecified atom stereocenters. The van der Waals surface area contributed by atoms with Gasteiger partial charge >= 0.3 is 0 Å². The maximum atomic E-state index is 11.7. The molecule has 1 fully saturated rings. The van der Waals surface area contributed by atoms with Gasteiger partial charge in [0, 0.05) is 6.54 Å². The van der Waals surface area contributed by atoms with E-state index in [1.54, 1.807) is 0 Å². The van der Waals surface area contributed by atoms with Crippen molar-refractivity contribution in [1.82, 2.24) is 10.2 Å². The first-order valence-corrected chi connectivity index (χ1v) is 8.51. The van der Waals surface area contributed by atoms with E-state index in [0.29, 0.717) is 13.0 Å². The molecule has 1 N–H and O–H groups in total. The van der Waals surface area contributed by atoms with Crippen LogP contribution in [0.3, 0.4) is 0 Å². The molecule has 0 aromatic heterocycles. The van der Waals surface area contributed by atoms with Gasteiger partial charge in [-0.3, -0.25) is 4.79 Å². The van der Waals surface area contributed by atoms with Crippen LogP contribution in [0.25, 0.3) is 0 Å². The minimum absolute atomic E-state index is 0.0227. The predicted molar refractivity (Wildman–Crippen MR) is 72.2 cm³/mol. The molecule has 1 saturated heterocycles. The van der Waals surface area contributed by atoms with E-state index < -0.39 is 9.84 Å². The molecule has 1 aliphatic rings. The molecule has 1 rings (SSSR count). The quantitative estimate of drug-likeness (QED) is 0.678. The van der Waals surface area contributed by atoms with Gasteiger partial charge in [-0.2, -0.15) is 0 Å². The number of rotatable bonds is 7. The largest absolute Gasteiger partial charge is 0.356 e. The number of amides is 1. The lowest BCUT2D eigenvalue weighted by molar-refractivity contribution is -0.124. The Balaban J connectivity index is 2.18. The van der Waals surface area contributed by atoms with Gasteiger partial charge in [0.15, 0.2) is 9.84 Å². The van der Waals surface area contributed by atoms with Crippen LogP contribution in [-0.2, 0) is 14.6 Å². The zero-order valence-corrected chi connectivity index (χ0v) is 12.1. The van der Waals surface area contributed by atoms with E-state index in [0.717, 1.165) is 26.1 Å². The zero-order chi connectivity index (χ0) is 13.6. The van der Waals surface area contributed by atoms with Crippen LogP contribution in [0.5, 0.6) is 0 Å². The monoisotopic (exact) mass is 276 g/mol. The predicted octanol–water partition coefficient (Wildman–Crippen LogP) is 0.269. The van der Waals surface area contributed by atoms with Crippen LogP contribution in [0.4, 0.5) is 0 Å². The van der Waals surface area contributed by atoms with Crippen LogP contribution >= 0.6 is 0 Å². The standard InChI is InChI=1S/C12H24N2O3S/c1-3-14(4-2)8-5-7-13-12(15)11-6-9-18(16,17)10-11/h11H,3-10H2,1-2H3,(H,13,15). The van der Waals surface area contributed by atoms with Crippen molar-refractivity contribution < 1.29 is 13.2 Å². The Bertz CT molecular complexity index is 364. The molecule has 0 saturated carbocycles. The molecule has 0 aromatic rings. The summed E-state index contributed by atoms with van der Waals surface area (Å²) in [7, 11) is -2.96. The Hall–Kier alpha value is -0.620. The summed E-state index contributed by atoms with van der Waals surface area (Å²) in [5, 5.41) is 2.84. The molecule has 0 radical (unpaired) electrons. The Kier molecular flexibility index (Phi) is 6.08. The van der Waals surface area contributed by atoms with Gasteiger partial charge in [0.05, 0.1) is 17.4 Å². The van der Waals surface area contributed by atoms with Gasteiger partial charge in [0.25, 0.3) is 0 Å². The number of hydrogen-bond acceptors (Lipinski definition) is 4. The molecular formula is C12H24N2O3S. The lowest BCUT2D eigenvalue weighted by Gasteiger charge is -2.18. The summed E-state index contributed by atoms with van der Waals surface area (Å²) in [5.74, 6) is -0.251. The Morgan fingerprint density at radius 1 is 1.33 bits per heavy atom. The van der Waals surface area contributed by atoms with Crippen molar-refractivity contribution in [3.8, 4) is 0 Å². The van der Waals surface area contributed by atoms with E-state index in [1.807, 2.05) is 0 Å². The summed E-state index contributed by atoms with van der Waals surface area (Å²) < 4.78 is 22.5. The first-order valence-electron chi connectivity index (χ1n) is 6.69. The van der Waals surface area contributed by atoms with E-state index in [2.05, 4.69) is 24.1 Å². The first-order chi connectivity index (χ1) is 8.48. The normalized spacial score (nSPS) is 22.3. The maximum Gasteiger partial charge on any atom is 0.224 e. The molecule has 106 valence electrons. The molecule has 0 aromatic carbocycles. The van der Waals surface area contributed by atoms with Crippen LogP contribution in [-0.4, -0.2) is 56.9 Å². The van der Waals surface area contributed by atoms with Crippen molar-refractivity contribution in [2.24, 2.45) is 5.92 Å². The fraction of sp³-hybridized carbons (Fsp3) is 0.917. The number of sulfone groups is 1. The molecule has 5 nitrogen and oxygen atoms in total. The van der Waals surface area contributed by atoms with Gasteiger partial charge in [-0.25, -0.2) is 8.42 Å². The highest BCUT2D eigenvalue weighted by Gasteiger charge is 2.32. The van der Waals surface area contributed by atoms with E-state index in [-0.39, 0.29) is 23.3 Å². The van der Waals surface area contributed by atoms with Gasteiger partial charge in [0.1, 0.15) is 0 Å². The van der Waals surface area contributed by atoms with Crippen molar-refractivity contribution in [1.29, 1.82) is 0 Å². The summed E-state index contributed by atoms with van der Waals surface area (Å²) in [4.78, 5) is 14.0. The van der Waals surface area contributed by atoms with Crippen molar-refractivity contribution in [2.75, 3.05) is 37.7 Å². The highest BCUT2D eigenvalue weighted by Crippen LogP contribution is 2.18. The van der Waals surface area contributed by atoms with Gasteiger partial charge in [-0.15, -0.1) is 0 Å². The molecule has 1 aliphatic heterocycles. The molecule has 1 amide bonds. The van der Waals surface area contributed by atoms with Crippen LogP contribution in [0.1, 0.15) is 26.7 Å². The van der Waals surface area contributed by atoms with E-state index in [1.165, 1.54) is 0 Å². The third-order valence-electron chi connectivity index (χ3n) is 3.45. The molecule has 18 heavy (non-hydrogen) atoms. The van der Waals surface area contributed by atoms with E-state index in [4.69, 9.17) is 0 Å². The maximum absolute atomic E-state index is 11.7. The molecule has 0 bridgehead atoms. The summed E-state index contributed by atoms with van der Waals surface area (Å²) in [6.07, 6.45) is 1.39. The smallest absolute Gasteiger partial charge is 0.224 e. The minimum Gasteiger partial charge on any atom is -0.356 e. The Labute approximate surface area is 110 Å². The first kappa shape index (κ1) is 15.4. The average molecular weight is 276 g/mol. The third kappa shape index (κ3) is 4.94. The minimum atomic E-state index is -2.96. The fourth-order valence-electron chi connectivity index (χ4n) is 2.20. The van der Waals surface area contributed by atoms with E-state index in [9.17, 15) is 13.2 Å². The lowest BCUT2D eigenvalue weighted by Crippen LogP contribution is -2.34. The topological polar surface area (TPSA) is 66.5 Å². The number of carbonyl (C=O) groups is 1. The van der Waals surface area contributed by atoms with Crippen LogP contribution in [0.2, 0.25) is 0 Å². The third-order valence-corrected chi connectivity index (χ3v) is 5.22. The number of hydrogen-bond donors (Lipinski definition) is 1. The molecule has 6 heteroatoms. The Morgan fingerprint density at radius 2 is 2.00 bits per heavy atom. The fourth-order valence-corrected chi connectivity index (χ4v) is 3.94. The molecule has 0 aliphatic carbocycles. The highest BCUT2D eigenvalue weighted by molar-refractivity contribution is 7.91. The summed E-state index contributed by atoms with van der Waals surface area (Å²) >= 11 is 0. The summed E-state index contributed by atoms with van der Waals surface area (Å²) in [6, 6.07) is 0. The van der Waals surface area contributed by atoms with Gasteiger partial charge in [0.2, 0.25) is 5.91 Å². The van der Waals surface area contributed by atoms with Crippen LogP contribution < -0.4 is 5.32 Å². The average Bonchev–Trinajstić information content (AvgIpc) is 2.70. The van der Waals surface area contributed by atoms with E-state index >= 15 is 0 Å². The van der Waals surface area contributed by atoms with Gasteiger partial charge in [-0.1, -0.05) is 13.8 Å². The van der Waals surface area contributed by atoms with Crippen molar-refractivity contribution in [2.45, 2.75) is 26.7 Å². The second-order valence-corrected chi connectivity index (χ2v) is 7.00. The molecule has 1 atom stereocenters. The summed E-state index contributed by atoms with van der Waals surface area (Å²) in [6.45, 7) is 7.87. The van der Waals surface area contributed by atoms with Crippen LogP contribution in [0.15, 0.2) is 0 Å². The number of nitrogens with zero attached hydrogens (tertiary/aromatic N) is 1. The molecule has 0 spiro atoms. The van der Waals surface area contributed by atoms with Crippen molar-refractivity contribution in [3.63, 3.8) is 0 Å². The van der Waals surface area contributed by atoms with Gasteiger partial charge < -0.3 is 10.2 Å². The van der Waals surface area contributed by atoms with Crippen molar-refractivity contribution in [3.05, 3.63) is 0 Å².